The van der Waals surface area contributed by atoms with Crippen molar-refractivity contribution in [3.05, 3.63) is 35.4 Å². The number of imide groups is 1. The van der Waals surface area contributed by atoms with Gasteiger partial charge in [-0.25, -0.2) is 9.69 Å². The van der Waals surface area contributed by atoms with Crippen LogP contribution in [-0.2, 0) is 15.8 Å². The van der Waals surface area contributed by atoms with E-state index in [2.05, 4.69) is 5.32 Å². The number of amides is 4. The van der Waals surface area contributed by atoms with Crippen LogP contribution < -0.4 is 5.32 Å². The minimum Gasteiger partial charge on any atom is -0.331 e. The van der Waals surface area contributed by atoms with E-state index in [0.717, 1.165) is 42.7 Å². The molecule has 1 N–H and O–H groups in total. The van der Waals surface area contributed by atoms with Crippen LogP contribution in [-0.4, -0.2) is 45.3 Å². The predicted octanol–water partition coefficient (Wildman–Crippen LogP) is 4.01. The van der Waals surface area contributed by atoms with Gasteiger partial charge in [0, 0.05) is 6.04 Å². The molecule has 1 aromatic carbocycles. The molecule has 1 saturated heterocycles. The standard InChI is InChI=1S/C22H26F3N3O3/c1-13(15-6-5-7-16(12-15)22(23,24)25)27(17-8-9-17)18(29)14(2)28-19(30)21(26-20(28)31)10-3-4-11-21/h5-7,12-14,17H,3-4,8-11H2,1-2H3,(H,26,31). The Morgan fingerprint density at radius 2 is 1.84 bits per heavy atom. The Labute approximate surface area is 178 Å². The summed E-state index contributed by atoms with van der Waals surface area (Å²) in [5.74, 6) is -0.802. The highest BCUT2D eigenvalue weighted by atomic mass is 19.4. The number of benzene rings is 1. The van der Waals surface area contributed by atoms with Crippen LogP contribution in [0, 0.1) is 0 Å². The Morgan fingerprint density at radius 1 is 1.19 bits per heavy atom. The zero-order valence-corrected chi connectivity index (χ0v) is 17.5. The van der Waals surface area contributed by atoms with Crippen LogP contribution in [0.2, 0.25) is 0 Å². The fourth-order valence-corrected chi connectivity index (χ4v) is 4.81. The van der Waals surface area contributed by atoms with Gasteiger partial charge in [-0.2, -0.15) is 13.2 Å². The normalized spacial score (nSPS) is 22.5. The Hall–Kier alpha value is -2.58. The number of nitrogens with one attached hydrogen (secondary N) is 1. The van der Waals surface area contributed by atoms with Gasteiger partial charge in [-0.05, 0) is 57.2 Å². The number of nitrogens with zero attached hydrogens (tertiary/aromatic N) is 2. The monoisotopic (exact) mass is 437 g/mol. The smallest absolute Gasteiger partial charge is 0.331 e. The second kappa shape index (κ2) is 7.53. The van der Waals surface area contributed by atoms with E-state index in [0.29, 0.717) is 18.4 Å². The van der Waals surface area contributed by atoms with E-state index < -0.39 is 41.3 Å². The molecule has 1 aliphatic heterocycles. The molecule has 3 aliphatic rings. The summed E-state index contributed by atoms with van der Waals surface area (Å²) in [6.45, 7) is 3.20. The third kappa shape index (κ3) is 3.78. The Bertz CT molecular complexity index is 907. The van der Waals surface area contributed by atoms with Crippen molar-refractivity contribution in [2.45, 2.75) is 82.2 Å². The minimum absolute atomic E-state index is 0.110. The lowest BCUT2D eigenvalue weighted by atomic mass is 9.97. The molecular formula is C22H26F3N3O3. The molecule has 1 spiro atoms. The van der Waals surface area contributed by atoms with E-state index in [1.807, 2.05) is 0 Å². The lowest BCUT2D eigenvalue weighted by Gasteiger charge is -2.34. The number of hydrogen-bond acceptors (Lipinski definition) is 3. The zero-order valence-electron chi connectivity index (χ0n) is 17.5. The van der Waals surface area contributed by atoms with Crippen molar-refractivity contribution in [1.82, 2.24) is 15.1 Å². The first kappa shape index (κ1) is 21.6. The SMILES string of the molecule is CC(C(=O)N(C1CC1)C(C)c1cccc(C(F)(F)F)c1)N1C(=O)NC2(CCCC2)C1=O. The van der Waals surface area contributed by atoms with Crippen LogP contribution in [0.25, 0.3) is 0 Å². The van der Waals surface area contributed by atoms with E-state index in [4.69, 9.17) is 0 Å². The van der Waals surface area contributed by atoms with Crippen molar-refractivity contribution in [3.8, 4) is 0 Å². The van der Waals surface area contributed by atoms with Crippen LogP contribution in [0.4, 0.5) is 18.0 Å². The summed E-state index contributed by atoms with van der Waals surface area (Å²) in [6, 6.07) is 2.61. The summed E-state index contributed by atoms with van der Waals surface area (Å²) in [5.41, 5.74) is -1.32. The maximum absolute atomic E-state index is 13.4. The number of rotatable bonds is 5. The predicted molar refractivity (Wildman–Crippen MR) is 106 cm³/mol. The van der Waals surface area contributed by atoms with Crippen LogP contribution in [0.5, 0.6) is 0 Å². The molecule has 1 heterocycles. The van der Waals surface area contributed by atoms with Crippen molar-refractivity contribution in [1.29, 1.82) is 0 Å². The molecule has 1 aromatic rings. The summed E-state index contributed by atoms with van der Waals surface area (Å²) >= 11 is 0. The van der Waals surface area contributed by atoms with Gasteiger partial charge in [0.25, 0.3) is 5.91 Å². The Balaban J connectivity index is 1.58. The summed E-state index contributed by atoms with van der Waals surface area (Å²) in [4.78, 5) is 41.6. The molecule has 2 atom stereocenters. The van der Waals surface area contributed by atoms with E-state index in [1.165, 1.54) is 13.0 Å². The highest BCUT2D eigenvalue weighted by molar-refractivity contribution is 6.10. The molecule has 6 nitrogen and oxygen atoms in total. The van der Waals surface area contributed by atoms with Gasteiger partial charge in [0.1, 0.15) is 11.6 Å². The average molecular weight is 437 g/mol. The average Bonchev–Trinajstić information content (AvgIpc) is 3.38. The van der Waals surface area contributed by atoms with Crippen molar-refractivity contribution >= 4 is 17.8 Å². The number of hydrogen-bond donors (Lipinski definition) is 1. The molecule has 3 fully saturated rings. The van der Waals surface area contributed by atoms with E-state index >= 15 is 0 Å². The lowest BCUT2D eigenvalue weighted by molar-refractivity contribution is -0.144. The highest BCUT2D eigenvalue weighted by Gasteiger charge is 2.55. The fourth-order valence-electron chi connectivity index (χ4n) is 4.81. The van der Waals surface area contributed by atoms with Crippen LogP contribution >= 0.6 is 0 Å². The summed E-state index contributed by atoms with van der Waals surface area (Å²) in [6.07, 6.45) is -0.208. The van der Waals surface area contributed by atoms with Gasteiger partial charge >= 0.3 is 12.2 Å². The quantitative estimate of drug-likeness (QED) is 0.708. The molecular weight excluding hydrogens is 411 g/mol. The molecule has 4 amide bonds. The van der Waals surface area contributed by atoms with E-state index in [1.54, 1.807) is 17.9 Å². The number of alkyl halides is 3. The van der Waals surface area contributed by atoms with Gasteiger partial charge in [0.2, 0.25) is 5.91 Å². The molecule has 4 rings (SSSR count). The second-order valence-corrected chi connectivity index (χ2v) is 8.85. The molecule has 2 unspecified atom stereocenters. The molecule has 31 heavy (non-hydrogen) atoms. The molecule has 2 saturated carbocycles. The topological polar surface area (TPSA) is 69.7 Å². The third-order valence-electron chi connectivity index (χ3n) is 6.70. The third-order valence-corrected chi connectivity index (χ3v) is 6.70. The molecule has 0 aromatic heterocycles. The number of carbonyl (C=O) groups is 3. The lowest BCUT2D eigenvalue weighted by Crippen LogP contribution is -2.52. The van der Waals surface area contributed by atoms with E-state index in [9.17, 15) is 27.6 Å². The largest absolute Gasteiger partial charge is 0.416 e. The first-order valence-corrected chi connectivity index (χ1v) is 10.7. The maximum atomic E-state index is 13.4. The summed E-state index contributed by atoms with van der Waals surface area (Å²) in [5, 5.41) is 2.78. The molecule has 2 aliphatic carbocycles. The van der Waals surface area contributed by atoms with Gasteiger partial charge in [0.05, 0.1) is 11.6 Å². The first-order chi connectivity index (χ1) is 14.5. The van der Waals surface area contributed by atoms with Crippen molar-refractivity contribution in [3.63, 3.8) is 0 Å². The van der Waals surface area contributed by atoms with Gasteiger partial charge < -0.3 is 10.2 Å². The molecule has 168 valence electrons. The van der Waals surface area contributed by atoms with E-state index in [-0.39, 0.29) is 11.9 Å². The van der Waals surface area contributed by atoms with Crippen LogP contribution in [0.3, 0.4) is 0 Å². The molecule has 9 heteroatoms. The summed E-state index contributed by atoms with van der Waals surface area (Å²) in [7, 11) is 0. The summed E-state index contributed by atoms with van der Waals surface area (Å²) < 4.78 is 39.5. The fraction of sp³-hybridized carbons (Fsp3) is 0.591. The van der Waals surface area contributed by atoms with Gasteiger partial charge in [0.15, 0.2) is 0 Å². The molecule has 0 bridgehead atoms. The minimum atomic E-state index is -4.48. The Kier molecular flexibility index (Phi) is 5.26. The number of urea groups is 1. The maximum Gasteiger partial charge on any atom is 0.416 e. The number of carbonyl (C=O) groups excluding carboxylic acids is 3. The van der Waals surface area contributed by atoms with Crippen molar-refractivity contribution < 1.29 is 27.6 Å². The van der Waals surface area contributed by atoms with Crippen LogP contribution in [0.1, 0.15) is 69.5 Å². The Morgan fingerprint density at radius 3 is 2.42 bits per heavy atom. The first-order valence-electron chi connectivity index (χ1n) is 10.7. The van der Waals surface area contributed by atoms with Gasteiger partial charge in [-0.15, -0.1) is 0 Å². The van der Waals surface area contributed by atoms with Crippen molar-refractivity contribution in [2.24, 2.45) is 0 Å². The second-order valence-electron chi connectivity index (χ2n) is 8.85. The van der Waals surface area contributed by atoms with Crippen molar-refractivity contribution in [2.75, 3.05) is 0 Å². The van der Waals surface area contributed by atoms with Crippen LogP contribution in [0.15, 0.2) is 24.3 Å². The van der Waals surface area contributed by atoms with Gasteiger partial charge in [-0.3, -0.25) is 9.59 Å². The van der Waals surface area contributed by atoms with Gasteiger partial charge in [-0.1, -0.05) is 25.0 Å². The highest BCUT2D eigenvalue weighted by Crippen LogP contribution is 2.39. The molecule has 0 radical (unpaired) electrons. The zero-order chi connectivity index (χ0) is 22.6. The number of halogens is 3.